The molecule has 0 aliphatic carbocycles. The smallest absolute Gasteiger partial charge is 0.255 e. The minimum atomic E-state index is -0.0836. The number of likely N-dealkylation sites (tertiary alicyclic amines) is 1. The van der Waals surface area contributed by atoms with Gasteiger partial charge in [0.2, 0.25) is 0 Å². The van der Waals surface area contributed by atoms with Gasteiger partial charge in [-0.15, -0.1) is 0 Å². The van der Waals surface area contributed by atoms with Crippen molar-refractivity contribution in [2.45, 2.75) is 13.0 Å². The number of rotatable bonds is 6. The summed E-state index contributed by atoms with van der Waals surface area (Å²) >= 11 is 3.41. The quantitative estimate of drug-likeness (QED) is 0.800. The van der Waals surface area contributed by atoms with Crippen LogP contribution in [0.5, 0.6) is 5.75 Å². The monoisotopic (exact) mass is 402 g/mol. The van der Waals surface area contributed by atoms with Crippen LogP contribution in [0.2, 0.25) is 0 Å². The van der Waals surface area contributed by atoms with E-state index in [1.165, 1.54) is 5.56 Å². The summed E-state index contributed by atoms with van der Waals surface area (Å²) in [5, 5.41) is 3.06. The number of carbonyl (C=O) groups excluding carboxylic acids is 1. The van der Waals surface area contributed by atoms with Crippen LogP contribution in [0.15, 0.2) is 53.0 Å². The molecule has 2 aromatic carbocycles. The minimum absolute atomic E-state index is 0.0836. The third-order valence-electron chi connectivity index (χ3n) is 4.58. The van der Waals surface area contributed by atoms with Gasteiger partial charge in [0.05, 0.1) is 12.7 Å². The van der Waals surface area contributed by atoms with Crippen LogP contribution in [0.3, 0.4) is 0 Å². The second-order valence-corrected chi connectivity index (χ2v) is 7.35. The Labute approximate surface area is 157 Å². The fraction of sp³-hybridized carbons (Fsp3) is 0.350. The molecule has 0 radical (unpaired) electrons. The van der Waals surface area contributed by atoms with E-state index in [2.05, 4.69) is 50.4 Å². The van der Waals surface area contributed by atoms with Crippen LogP contribution in [-0.4, -0.2) is 37.6 Å². The first-order chi connectivity index (χ1) is 12.2. The fourth-order valence-electron chi connectivity index (χ4n) is 3.25. The van der Waals surface area contributed by atoms with Crippen molar-refractivity contribution in [1.82, 2.24) is 10.2 Å². The molecule has 0 saturated carbocycles. The molecule has 1 saturated heterocycles. The Morgan fingerprint density at radius 3 is 2.84 bits per heavy atom. The van der Waals surface area contributed by atoms with Crippen LogP contribution >= 0.6 is 15.9 Å². The van der Waals surface area contributed by atoms with E-state index in [0.29, 0.717) is 23.8 Å². The van der Waals surface area contributed by atoms with Gasteiger partial charge in [-0.3, -0.25) is 9.69 Å². The summed E-state index contributed by atoms with van der Waals surface area (Å²) in [4.78, 5) is 14.9. The molecule has 1 heterocycles. The normalized spacial score (nSPS) is 17.4. The highest BCUT2D eigenvalue weighted by Crippen LogP contribution is 2.23. The second-order valence-electron chi connectivity index (χ2n) is 6.43. The molecular formula is C20H23BrN2O2. The van der Waals surface area contributed by atoms with Gasteiger partial charge in [-0.05, 0) is 42.6 Å². The van der Waals surface area contributed by atoms with Crippen molar-refractivity contribution in [2.75, 3.05) is 26.7 Å². The number of amides is 1. The van der Waals surface area contributed by atoms with E-state index in [1.807, 2.05) is 12.1 Å². The Hall–Kier alpha value is -1.85. The van der Waals surface area contributed by atoms with E-state index in [4.69, 9.17) is 4.74 Å². The lowest BCUT2D eigenvalue weighted by Gasteiger charge is -2.16. The van der Waals surface area contributed by atoms with Crippen molar-refractivity contribution >= 4 is 21.8 Å². The maximum absolute atomic E-state index is 12.5. The Balaban J connectivity index is 1.51. The lowest BCUT2D eigenvalue weighted by molar-refractivity contribution is 0.0944. The molecule has 4 nitrogen and oxygen atoms in total. The van der Waals surface area contributed by atoms with Gasteiger partial charge >= 0.3 is 0 Å². The number of halogens is 1. The average Bonchev–Trinajstić information content (AvgIpc) is 3.08. The van der Waals surface area contributed by atoms with E-state index >= 15 is 0 Å². The van der Waals surface area contributed by atoms with E-state index in [-0.39, 0.29) is 5.91 Å². The number of hydrogen-bond donors (Lipinski definition) is 1. The highest BCUT2D eigenvalue weighted by molar-refractivity contribution is 9.10. The SMILES string of the molecule is COc1ccc(Br)cc1C(=O)NC[C@H]1CCN(Cc2ccccc2)C1. The highest BCUT2D eigenvalue weighted by atomic mass is 79.9. The number of nitrogens with zero attached hydrogens (tertiary/aromatic N) is 1. The third-order valence-corrected chi connectivity index (χ3v) is 5.07. The molecule has 0 bridgehead atoms. The summed E-state index contributed by atoms with van der Waals surface area (Å²) in [6, 6.07) is 16.0. The Bertz CT molecular complexity index is 721. The topological polar surface area (TPSA) is 41.6 Å². The number of carbonyl (C=O) groups is 1. The van der Waals surface area contributed by atoms with E-state index < -0.39 is 0 Å². The van der Waals surface area contributed by atoms with Crippen LogP contribution in [0, 0.1) is 5.92 Å². The molecule has 1 amide bonds. The van der Waals surface area contributed by atoms with Crippen LogP contribution in [-0.2, 0) is 6.54 Å². The summed E-state index contributed by atoms with van der Waals surface area (Å²) < 4.78 is 6.16. The molecule has 0 aromatic heterocycles. The van der Waals surface area contributed by atoms with Gasteiger partial charge in [0.15, 0.2) is 0 Å². The Morgan fingerprint density at radius 1 is 1.28 bits per heavy atom. The summed E-state index contributed by atoms with van der Waals surface area (Å²) in [5.74, 6) is 1.00. The number of ether oxygens (including phenoxy) is 1. The van der Waals surface area contributed by atoms with Gasteiger partial charge in [-0.1, -0.05) is 46.3 Å². The van der Waals surface area contributed by atoms with Gasteiger partial charge in [-0.25, -0.2) is 0 Å². The Morgan fingerprint density at radius 2 is 2.08 bits per heavy atom. The molecular weight excluding hydrogens is 380 g/mol. The van der Waals surface area contributed by atoms with Gasteiger partial charge in [0.25, 0.3) is 5.91 Å². The van der Waals surface area contributed by atoms with Crippen molar-refractivity contribution in [3.63, 3.8) is 0 Å². The summed E-state index contributed by atoms with van der Waals surface area (Å²) in [7, 11) is 1.58. The summed E-state index contributed by atoms with van der Waals surface area (Å²) in [6.45, 7) is 3.77. The zero-order valence-electron chi connectivity index (χ0n) is 14.4. The molecule has 1 aliphatic heterocycles. The molecule has 3 rings (SSSR count). The first-order valence-electron chi connectivity index (χ1n) is 8.53. The maximum Gasteiger partial charge on any atom is 0.255 e. The lowest BCUT2D eigenvalue weighted by Crippen LogP contribution is -2.31. The maximum atomic E-state index is 12.5. The van der Waals surface area contributed by atoms with Crippen molar-refractivity contribution in [1.29, 1.82) is 0 Å². The van der Waals surface area contributed by atoms with Crippen molar-refractivity contribution < 1.29 is 9.53 Å². The van der Waals surface area contributed by atoms with E-state index in [9.17, 15) is 4.79 Å². The lowest BCUT2D eigenvalue weighted by atomic mass is 10.1. The number of benzene rings is 2. The van der Waals surface area contributed by atoms with Gasteiger partial charge in [0, 0.05) is 24.1 Å². The average molecular weight is 403 g/mol. The Kier molecular flexibility index (Phi) is 6.10. The molecule has 2 aromatic rings. The van der Waals surface area contributed by atoms with Crippen LogP contribution in [0.1, 0.15) is 22.3 Å². The van der Waals surface area contributed by atoms with Crippen LogP contribution in [0.25, 0.3) is 0 Å². The second kappa shape index (κ2) is 8.50. The van der Waals surface area contributed by atoms with Gasteiger partial charge < -0.3 is 10.1 Å². The zero-order valence-corrected chi connectivity index (χ0v) is 16.0. The van der Waals surface area contributed by atoms with Crippen LogP contribution < -0.4 is 10.1 Å². The summed E-state index contributed by atoms with van der Waals surface area (Å²) in [6.07, 6.45) is 1.11. The molecule has 5 heteroatoms. The van der Waals surface area contributed by atoms with Crippen molar-refractivity contribution in [3.8, 4) is 5.75 Å². The van der Waals surface area contributed by atoms with Crippen LogP contribution in [0.4, 0.5) is 0 Å². The molecule has 1 atom stereocenters. The predicted octanol–water partition coefficient (Wildman–Crippen LogP) is 3.71. The molecule has 25 heavy (non-hydrogen) atoms. The predicted molar refractivity (Wildman–Crippen MR) is 103 cm³/mol. The molecule has 1 aliphatic rings. The van der Waals surface area contributed by atoms with E-state index in [1.54, 1.807) is 19.2 Å². The largest absolute Gasteiger partial charge is 0.496 e. The number of hydrogen-bond acceptors (Lipinski definition) is 3. The third kappa shape index (κ3) is 4.83. The first kappa shape index (κ1) is 18.0. The van der Waals surface area contributed by atoms with E-state index in [0.717, 1.165) is 30.5 Å². The molecule has 0 spiro atoms. The van der Waals surface area contributed by atoms with Crippen molar-refractivity contribution in [2.24, 2.45) is 5.92 Å². The molecule has 132 valence electrons. The number of nitrogens with one attached hydrogen (secondary N) is 1. The van der Waals surface area contributed by atoms with Gasteiger partial charge in [-0.2, -0.15) is 0 Å². The zero-order chi connectivity index (χ0) is 17.6. The van der Waals surface area contributed by atoms with Crippen molar-refractivity contribution in [3.05, 3.63) is 64.1 Å². The highest BCUT2D eigenvalue weighted by Gasteiger charge is 2.23. The first-order valence-corrected chi connectivity index (χ1v) is 9.33. The fourth-order valence-corrected chi connectivity index (χ4v) is 3.62. The minimum Gasteiger partial charge on any atom is -0.496 e. The molecule has 1 N–H and O–H groups in total. The van der Waals surface area contributed by atoms with Gasteiger partial charge in [0.1, 0.15) is 5.75 Å². The standard InChI is InChI=1S/C20H23BrN2O2/c1-25-19-8-7-17(21)11-18(19)20(24)22-12-16-9-10-23(14-16)13-15-5-3-2-4-6-15/h2-8,11,16H,9-10,12-14H2,1H3,(H,22,24)/t16-/m1/s1. The molecule has 0 unspecified atom stereocenters. The molecule has 1 fully saturated rings. The number of methoxy groups -OCH3 is 1. The summed E-state index contributed by atoms with van der Waals surface area (Å²) in [5.41, 5.74) is 1.90.